The molecule has 1 fully saturated rings. The van der Waals surface area contributed by atoms with Gasteiger partial charge in [0.2, 0.25) is 5.89 Å². The number of benzene rings is 1. The largest absolute Gasteiger partial charge is 0.461 e. The van der Waals surface area contributed by atoms with E-state index in [0.717, 1.165) is 25.0 Å². The van der Waals surface area contributed by atoms with E-state index in [1.165, 1.54) is 12.1 Å². The highest BCUT2D eigenvalue weighted by atomic mass is 19.4. The lowest BCUT2D eigenvalue weighted by molar-refractivity contribution is -0.137. The molecule has 0 spiro atoms. The number of rotatable bonds is 5. The molecule has 0 aliphatic heterocycles. The van der Waals surface area contributed by atoms with Crippen LogP contribution in [0.1, 0.15) is 35.8 Å². The van der Waals surface area contributed by atoms with Crippen molar-refractivity contribution in [1.29, 1.82) is 0 Å². The van der Waals surface area contributed by atoms with Crippen molar-refractivity contribution in [2.24, 2.45) is 0 Å². The van der Waals surface area contributed by atoms with Gasteiger partial charge in [0.15, 0.2) is 0 Å². The van der Waals surface area contributed by atoms with Crippen molar-refractivity contribution in [2.75, 3.05) is 0 Å². The van der Waals surface area contributed by atoms with Crippen LogP contribution in [-0.4, -0.2) is 11.5 Å². The molecule has 0 radical (unpaired) electrons. The third kappa shape index (κ3) is 2.98. The van der Waals surface area contributed by atoms with E-state index in [1.54, 1.807) is 0 Å². The highest BCUT2D eigenvalue weighted by molar-refractivity contribution is 5.55. The second-order valence-corrected chi connectivity index (χ2v) is 5.09. The normalized spacial score (nSPS) is 14.9. The smallest absolute Gasteiger partial charge is 0.416 e. The Morgan fingerprint density at radius 1 is 1.36 bits per heavy atom. The van der Waals surface area contributed by atoms with Crippen LogP contribution in [0.2, 0.25) is 0 Å². The Morgan fingerprint density at radius 3 is 2.77 bits per heavy atom. The highest BCUT2D eigenvalue weighted by Crippen LogP contribution is 2.43. The summed E-state index contributed by atoms with van der Waals surface area (Å²) in [7, 11) is 0. The number of carbonyl (C=O) groups is 1. The first-order valence-electron chi connectivity index (χ1n) is 6.71. The SMILES string of the molecule is O=COCc1nc(-c2cccc(C(F)(F)F)c2)oc1C1CC1. The number of halogens is 3. The lowest BCUT2D eigenvalue weighted by Crippen LogP contribution is -2.04. The maximum Gasteiger partial charge on any atom is 0.416 e. The Balaban J connectivity index is 1.96. The molecule has 1 saturated carbocycles. The molecule has 1 aliphatic rings. The van der Waals surface area contributed by atoms with Gasteiger partial charge in [-0.1, -0.05) is 6.07 Å². The zero-order valence-corrected chi connectivity index (χ0v) is 11.4. The number of aromatic nitrogens is 1. The molecule has 1 aromatic heterocycles. The van der Waals surface area contributed by atoms with E-state index in [2.05, 4.69) is 9.72 Å². The molecule has 1 heterocycles. The molecule has 0 unspecified atom stereocenters. The lowest BCUT2D eigenvalue weighted by atomic mass is 10.1. The second-order valence-electron chi connectivity index (χ2n) is 5.09. The maximum absolute atomic E-state index is 12.8. The van der Waals surface area contributed by atoms with Gasteiger partial charge in [-0.3, -0.25) is 4.79 Å². The van der Waals surface area contributed by atoms with Crippen LogP contribution >= 0.6 is 0 Å². The standard InChI is InChI=1S/C15H12F3NO3/c16-15(17,18)11-3-1-2-10(6-11)14-19-12(7-21-8-20)13(22-14)9-4-5-9/h1-3,6,8-9H,4-5,7H2. The van der Waals surface area contributed by atoms with Crippen LogP contribution in [0.4, 0.5) is 13.2 Å². The van der Waals surface area contributed by atoms with E-state index in [0.29, 0.717) is 17.9 Å². The predicted octanol–water partition coefficient (Wildman–Crippen LogP) is 3.91. The topological polar surface area (TPSA) is 52.3 Å². The summed E-state index contributed by atoms with van der Waals surface area (Å²) < 4.78 is 48.6. The van der Waals surface area contributed by atoms with Gasteiger partial charge in [-0.05, 0) is 31.0 Å². The minimum atomic E-state index is -4.43. The molecule has 0 saturated heterocycles. The zero-order chi connectivity index (χ0) is 15.7. The van der Waals surface area contributed by atoms with Gasteiger partial charge >= 0.3 is 6.18 Å². The second kappa shape index (κ2) is 5.47. The van der Waals surface area contributed by atoms with Gasteiger partial charge in [0.1, 0.15) is 18.1 Å². The van der Waals surface area contributed by atoms with Gasteiger partial charge in [0, 0.05) is 11.5 Å². The maximum atomic E-state index is 12.8. The lowest BCUT2D eigenvalue weighted by Gasteiger charge is -2.06. The molecule has 0 atom stereocenters. The van der Waals surface area contributed by atoms with Crippen molar-refractivity contribution in [3.63, 3.8) is 0 Å². The number of ether oxygens (including phenoxy) is 1. The summed E-state index contributed by atoms with van der Waals surface area (Å²) in [5.74, 6) is 0.907. The van der Waals surface area contributed by atoms with Crippen molar-refractivity contribution in [3.8, 4) is 11.5 Å². The predicted molar refractivity (Wildman–Crippen MR) is 69.8 cm³/mol. The van der Waals surface area contributed by atoms with Crippen LogP contribution in [-0.2, 0) is 22.3 Å². The molecule has 1 aliphatic carbocycles. The first kappa shape index (κ1) is 14.6. The molecular weight excluding hydrogens is 299 g/mol. The first-order chi connectivity index (χ1) is 10.5. The van der Waals surface area contributed by atoms with Crippen molar-refractivity contribution in [1.82, 2.24) is 4.98 Å². The summed E-state index contributed by atoms with van der Waals surface area (Å²) in [6, 6.07) is 4.79. The summed E-state index contributed by atoms with van der Waals surface area (Å²) >= 11 is 0. The van der Waals surface area contributed by atoms with Crippen LogP contribution in [0.3, 0.4) is 0 Å². The molecular formula is C15H12F3NO3. The number of alkyl halides is 3. The van der Waals surface area contributed by atoms with E-state index >= 15 is 0 Å². The molecule has 0 bridgehead atoms. The average Bonchev–Trinajstić information content (AvgIpc) is 3.24. The van der Waals surface area contributed by atoms with Gasteiger partial charge in [-0.25, -0.2) is 4.98 Å². The molecule has 0 amide bonds. The van der Waals surface area contributed by atoms with E-state index in [1.807, 2.05) is 0 Å². The van der Waals surface area contributed by atoms with Gasteiger partial charge in [0.25, 0.3) is 6.47 Å². The molecule has 0 N–H and O–H groups in total. The molecule has 116 valence electrons. The van der Waals surface area contributed by atoms with Crippen LogP contribution in [0.5, 0.6) is 0 Å². The number of nitrogens with zero attached hydrogens (tertiary/aromatic N) is 1. The fraction of sp³-hybridized carbons (Fsp3) is 0.333. The van der Waals surface area contributed by atoms with Gasteiger partial charge < -0.3 is 9.15 Å². The summed E-state index contributed by atoms with van der Waals surface area (Å²) in [4.78, 5) is 14.5. The van der Waals surface area contributed by atoms with Crippen molar-refractivity contribution < 1.29 is 27.1 Å². The van der Waals surface area contributed by atoms with Gasteiger partial charge in [0.05, 0.1) is 5.56 Å². The van der Waals surface area contributed by atoms with E-state index in [-0.39, 0.29) is 24.0 Å². The molecule has 3 rings (SSSR count). The summed E-state index contributed by atoms with van der Waals surface area (Å²) in [6.45, 7) is 0.257. The Bertz CT molecular complexity index is 690. The van der Waals surface area contributed by atoms with Crippen LogP contribution in [0.15, 0.2) is 28.7 Å². The van der Waals surface area contributed by atoms with Gasteiger partial charge in [-0.2, -0.15) is 13.2 Å². The Hall–Kier alpha value is -2.31. The summed E-state index contributed by atoms with van der Waals surface area (Å²) in [5, 5.41) is 0. The summed E-state index contributed by atoms with van der Waals surface area (Å²) in [6.07, 6.45) is -2.55. The minimum absolute atomic E-state index is 0.0439. The number of hydrogen-bond donors (Lipinski definition) is 0. The van der Waals surface area contributed by atoms with Crippen molar-refractivity contribution >= 4 is 6.47 Å². The monoisotopic (exact) mass is 311 g/mol. The Morgan fingerprint density at radius 2 is 2.14 bits per heavy atom. The minimum Gasteiger partial charge on any atom is -0.461 e. The fourth-order valence-electron chi connectivity index (χ4n) is 2.20. The van der Waals surface area contributed by atoms with Gasteiger partial charge in [-0.15, -0.1) is 0 Å². The van der Waals surface area contributed by atoms with E-state index in [9.17, 15) is 18.0 Å². The number of oxazole rings is 1. The third-order valence-electron chi connectivity index (χ3n) is 3.40. The quantitative estimate of drug-likeness (QED) is 0.786. The van der Waals surface area contributed by atoms with E-state index in [4.69, 9.17) is 4.42 Å². The van der Waals surface area contributed by atoms with E-state index < -0.39 is 11.7 Å². The Labute approximate surface area is 123 Å². The van der Waals surface area contributed by atoms with Crippen LogP contribution in [0.25, 0.3) is 11.5 Å². The molecule has 1 aromatic carbocycles. The van der Waals surface area contributed by atoms with Crippen molar-refractivity contribution in [2.45, 2.75) is 31.5 Å². The average molecular weight is 311 g/mol. The van der Waals surface area contributed by atoms with Crippen LogP contribution < -0.4 is 0 Å². The van der Waals surface area contributed by atoms with Crippen molar-refractivity contribution in [3.05, 3.63) is 41.3 Å². The summed E-state index contributed by atoms with van der Waals surface area (Å²) in [5.41, 5.74) is -0.0575. The molecule has 2 aromatic rings. The Kier molecular flexibility index (Phi) is 3.64. The molecule has 7 heteroatoms. The number of hydrogen-bond acceptors (Lipinski definition) is 4. The first-order valence-corrected chi connectivity index (χ1v) is 6.71. The van der Waals surface area contributed by atoms with Crippen LogP contribution in [0, 0.1) is 0 Å². The third-order valence-corrected chi connectivity index (χ3v) is 3.40. The number of carbonyl (C=O) groups excluding carboxylic acids is 1. The fourth-order valence-corrected chi connectivity index (χ4v) is 2.20. The highest BCUT2D eigenvalue weighted by Gasteiger charge is 2.33. The molecule has 22 heavy (non-hydrogen) atoms. The molecule has 4 nitrogen and oxygen atoms in total. The zero-order valence-electron chi connectivity index (χ0n) is 11.4.